The largest absolute Gasteiger partial charge is 0.379 e. The summed E-state index contributed by atoms with van der Waals surface area (Å²) < 4.78 is 13.5. The number of amidine groups is 1. The van der Waals surface area contributed by atoms with Crippen LogP contribution < -0.4 is 5.73 Å². The summed E-state index contributed by atoms with van der Waals surface area (Å²) in [5.41, 5.74) is 7.93. The molecule has 3 aromatic rings. The molecule has 0 spiro atoms. The number of hydrogen-bond donors (Lipinski definition) is 1. The fourth-order valence-electron chi connectivity index (χ4n) is 3.45. The van der Waals surface area contributed by atoms with Crippen LogP contribution in [0, 0.1) is 5.82 Å². The number of thioether (sulfide) groups is 1. The van der Waals surface area contributed by atoms with Crippen LogP contribution in [0.4, 0.5) is 4.39 Å². The first kappa shape index (κ1) is 20.8. The van der Waals surface area contributed by atoms with Gasteiger partial charge in [-0.2, -0.15) is 0 Å². The van der Waals surface area contributed by atoms with E-state index in [0.717, 1.165) is 16.7 Å². The molecule has 0 aliphatic carbocycles. The van der Waals surface area contributed by atoms with Gasteiger partial charge in [0.1, 0.15) is 17.1 Å². The molecule has 0 saturated carbocycles. The second-order valence-electron chi connectivity index (χ2n) is 6.89. The van der Waals surface area contributed by atoms with Gasteiger partial charge in [0.25, 0.3) is 0 Å². The SMILES string of the molecule is NC1=NC(c2ccc(F)cc2)(c2cccc(CC(=O)c3ncc(Cl)cc3Cl)c2)CS1. The van der Waals surface area contributed by atoms with Gasteiger partial charge in [0, 0.05) is 18.4 Å². The predicted molar refractivity (Wildman–Crippen MR) is 120 cm³/mol. The Hall–Kier alpha value is -2.41. The maximum atomic E-state index is 13.5. The first-order valence-corrected chi connectivity index (χ1v) is 10.8. The van der Waals surface area contributed by atoms with E-state index in [9.17, 15) is 9.18 Å². The molecule has 4 nitrogen and oxygen atoms in total. The van der Waals surface area contributed by atoms with Crippen LogP contribution in [-0.4, -0.2) is 21.7 Å². The minimum Gasteiger partial charge on any atom is -0.379 e. The number of halogens is 3. The third-order valence-corrected chi connectivity index (χ3v) is 6.34. The predicted octanol–water partition coefficient (Wildman–Crippen LogP) is 5.26. The van der Waals surface area contributed by atoms with Crippen molar-refractivity contribution in [2.75, 3.05) is 5.75 Å². The zero-order chi connectivity index (χ0) is 21.3. The third-order valence-electron chi connectivity index (χ3n) is 4.89. The second kappa shape index (κ2) is 8.38. The number of pyridine rings is 1. The van der Waals surface area contributed by atoms with E-state index in [1.807, 2.05) is 24.3 Å². The van der Waals surface area contributed by atoms with Crippen molar-refractivity contribution < 1.29 is 9.18 Å². The monoisotopic (exact) mass is 459 g/mol. The smallest absolute Gasteiger partial charge is 0.187 e. The van der Waals surface area contributed by atoms with Crippen LogP contribution in [0.1, 0.15) is 27.2 Å². The summed E-state index contributed by atoms with van der Waals surface area (Å²) in [5, 5.41) is 1.06. The number of ketones is 1. The molecule has 1 atom stereocenters. The van der Waals surface area contributed by atoms with Crippen LogP contribution >= 0.6 is 35.0 Å². The van der Waals surface area contributed by atoms with Gasteiger partial charge in [0.15, 0.2) is 11.0 Å². The molecular formula is C22H16Cl2FN3OS. The fourth-order valence-corrected chi connectivity index (χ4v) is 4.91. The number of benzene rings is 2. The Morgan fingerprint density at radius 1 is 1.13 bits per heavy atom. The van der Waals surface area contributed by atoms with Crippen molar-refractivity contribution in [1.82, 2.24) is 4.98 Å². The van der Waals surface area contributed by atoms with Crippen molar-refractivity contribution in [1.29, 1.82) is 0 Å². The molecule has 1 unspecified atom stereocenters. The van der Waals surface area contributed by atoms with E-state index in [-0.39, 0.29) is 28.7 Å². The molecule has 0 saturated heterocycles. The Bertz CT molecular complexity index is 1150. The lowest BCUT2D eigenvalue weighted by Crippen LogP contribution is -2.26. The lowest BCUT2D eigenvalue weighted by Gasteiger charge is -2.27. The minimum atomic E-state index is -0.738. The van der Waals surface area contributed by atoms with Crippen LogP contribution in [-0.2, 0) is 12.0 Å². The molecule has 152 valence electrons. The molecule has 8 heteroatoms. The van der Waals surface area contributed by atoms with Crippen molar-refractivity contribution >= 4 is 45.9 Å². The molecule has 1 aliphatic heterocycles. The number of hydrogen-bond acceptors (Lipinski definition) is 5. The molecule has 30 heavy (non-hydrogen) atoms. The van der Waals surface area contributed by atoms with Crippen molar-refractivity contribution in [2.45, 2.75) is 12.0 Å². The molecule has 1 aliphatic rings. The van der Waals surface area contributed by atoms with Gasteiger partial charge < -0.3 is 5.73 Å². The summed E-state index contributed by atoms with van der Waals surface area (Å²) >= 11 is 13.4. The summed E-state index contributed by atoms with van der Waals surface area (Å²) in [6, 6.07) is 15.3. The van der Waals surface area contributed by atoms with Gasteiger partial charge in [-0.3, -0.25) is 4.79 Å². The Morgan fingerprint density at radius 3 is 2.57 bits per heavy atom. The standard InChI is InChI=1S/C22H16Cl2FN3OS/c23-16-10-18(24)20(27-11-16)19(29)9-13-2-1-3-15(8-13)22(12-30-21(26)28-22)14-4-6-17(25)7-5-14/h1-8,10-11H,9,12H2,(H2,26,28). The van der Waals surface area contributed by atoms with E-state index < -0.39 is 5.54 Å². The first-order valence-electron chi connectivity index (χ1n) is 9.05. The highest BCUT2D eigenvalue weighted by atomic mass is 35.5. The van der Waals surface area contributed by atoms with E-state index in [0.29, 0.717) is 15.9 Å². The highest BCUT2D eigenvalue weighted by Gasteiger charge is 2.39. The quantitative estimate of drug-likeness (QED) is 0.528. The van der Waals surface area contributed by atoms with Gasteiger partial charge in [-0.25, -0.2) is 14.4 Å². The van der Waals surface area contributed by atoms with Crippen LogP contribution in [0.5, 0.6) is 0 Å². The lowest BCUT2D eigenvalue weighted by atomic mass is 9.84. The topological polar surface area (TPSA) is 68.3 Å². The summed E-state index contributed by atoms with van der Waals surface area (Å²) in [7, 11) is 0. The Labute approximate surface area is 187 Å². The molecule has 0 amide bonds. The van der Waals surface area contributed by atoms with E-state index in [1.54, 1.807) is 12.1 Å². The molecule has 0 bridgehead atoms. The summed E-state index contributed by atoms with van der Waals surface area (Å²) in [6.45, 7) is 0. The van der Waals surface area contributed by atoms with E-state index in [4.69, 9.17) is 33.9 Å². The van der Waals surface area contributed by atoms with Gasteiger partial charge in [-0.1, -0.05) is 71.4 Å². The average molecular weight is 460 g/mol. The first-order chi connectivity index (χ1) is 14.4. The van der Waals surface area contributed by atoms with Crippen molar-refractivity contribution in [3.8, 4) is 0 Å². The molecule has 0 fully saturated rings. The molecule has 2 N–H and O–H groups in total. The van der Waals surface area contributed by atoms with Crippen molar-refractivity contribution in [2.24, 2.45) is 10.7 Å². The second-order valence-corrected chi connectivity index (χ2v) is 8.73. The fraction of sp³-hybridized carbons (Fsp3) is 0.136. The van der Waals surface area contributed by atoms with Gasteiger partial charge in [0.2, 0.25) is 0 Å². The summed E-state index contributed by atoms with van der Waals surface area (Å²) in [5.74, 6) is 0.0588. The molecule has 2 heterocycles. The van der Waals surface area contributed by atoms with E-state index >= 15 is 0 Å². The summed E-state index contributed by atoms with van der Waals surface area (Å²) in [4.78, 5) is 21.5. The van der Waals surface area contributed by atoms with E-state index in [2.05, 4.69) is 4.98 Å². The number of aliphatic imine (C=N–C) groups is 1. The van der Waals surface area contributed by atoms with Crippen LogP contribution in [0.3, 0.4) is 0 Å². The molecule has 1 aromatic heterocycles. The Kier molecular flexibility index (Phi) is 5.82. The third kappa shape index (κ3) is 4.08. The van der Waals surface area contributed by atoms with Gasteiger partial charge >= 0.3 is 0 Å². The molecule has 4 rings (SSSR count). The number of Topliss-reactive ketones (excluding diaryl/α,β-unsaturated/α-hetero) is 1. The zero-order valence-electron chi connectivity index (χ0n) is 15.6. The number of nitrogens with zero attached hydrogens (tertiary/aromatic N) is 2. The van der Waals surface area contributed by atoms with Crippen LogP contribution in [0.25, 0.3) is 0 Å². The lowest BCUT2D eigenvalue weighted by molar-refractivity contribution is 0.0988. The highest BCUT2D eigenvalue weighted by Crippen LogP contribution is 2.42. The Morgan fingerprint density at radius 2 is 1.90 bits per heavy atom. The maximum absolute atomic E-state index is 13.5. The number of carbonyl (C=O) groups excluding carboxylic acids is 1. The number of aromatic nitrogens is 1. The van der Waals surface area contributed by atoms with Crippen molar-refractivity contribution in [3.05, 3.63) is 99.0 Å². The normalized spacial score (nSPS) is 18.3. The average Bonchev–Trinajstić information content (AvgIpc) is 3.11. The number of nitrogens with two attached hydrogens (primary N) is 1. The summed E-state index contributed by atoms with van der Waals surface area (Å²) in [6.07, 6.45) is 1.52. The number of rotatable bonds is 5. The highest BCUT2D eigenvalue weighted by molar-refractivity contribution is 8.14. The maximum Gasteiger partial charge on any atom is 0.187 e. The molecule has 2 aromatic carbocycles. The van der Waals surface area contributed by atoms with Gasteiger partial charge in [-0.05, 0) is 34.9 Å². The zero-order valence-corrected chi connectivity index (χ0v) is 17.9. The molecular weight excluding hydrogens is 444 g/mol. The minimum absolute atomic E-state index is 0.119. The van der Waals surface area contributed by atoms with Crippen LogP contribution in [0.2, 0.25) is 10.0 Å². The van der Waals surface area contributed by atoms with Crippen LogP contribution in [0.15, 0.2) is 65.8 Å². The molecule has 0 radical (unpaired) electrons. The van der Waals surface area contributed by atoms with E-state index in [1.165, 1.54) is 36.2 Å². The Balaban J connectivity index is 1.69. The number of carbonyl (C=O) groups is 1. The van der Waals surface area contributed by atoms with Gasteiger partial charge in [0.05, 0.1) is 10.0 Å². The van der Waals surface area contributed by atoms with Gasteiger partial charge in [-0.15, -0.1) is 0 Å². The van der Waals surface area contributed by atoms with Crippen molar-refractivity contribution in [3.63, 3.8) is 0 Å².